The monoisotopic (exact) mass is 337 g/mol. The maximum Gasteiger partial charge on any atom is 0.187 e. The largest absolute Gasteiger partial charge is 0.357 e. The van der Waals surface area contributed by atoms with Gasteiger partial charge in [-0.05, 0) is 23.8 Å². The van der Waals surface area contributed by atoms with Crippen LogP contribution in [0, 0.1) is 0 Å². The van der Waals surface area contributed by atoms with Crippen LogP contribution >= 0.6 is 35.4 Å². The van der Waals surface area contributed by atoms with Gasteiger partial charge in [0, 0.05) is 12.1 Å². The Hall–Kier alpha value is -1.62. The van der Waals surface area contributed by atoms with Gasteiger partial charge in [-0.15, -0.1) is 0 Å². The lowest BCUT2D eigenvalue weighted by molar-refractivity contribution is 0.869. The molecule has 2 aromatic rings. The van der Waals surface area contributed by atoms with Crippen LogP contribution in [0.4, 0.5) is 0 Å². The van der Waals surface area contributed by atoms with Crippen molar-refractivity contribution in [2.45, 2.75) is 6.54 Å². The number of hydrogen-bond donors (Lipinski definition) is 2. The highest BCUT2D eigenvalue weighted by Gasteiger charge is 2.01. The molecule has 0 unspecified atom stereocenters. The van der Waals surface area contributed by atoms with E-state index in [0.717, 1.165) is 11.1 Å². The Labute approximate surface area is 139 Å². The van der Waals surface area contributed by atoms with Gasteiger partial charge in [-0.2, -0.15) is 5.10 Å². The van der Waals surface area contributed by atoms with Crippen molar-refractivity contribution in [3.05, 3.63) is 69.7 Å². The first-order valence-corrected chi connectivity index (χ1v) is 7.38. The van der Waals surface area contributed by atoms with E-state index >= 15 is 0 Å². The van der Waals surface area contributed by atoms with Gasteiger partial charge in [-0.25, -0.2) is 0 Å². The second-order valence-electron chi connectivity index (χ2n) is 4.18. The molecule has 2 aromatic carbocycles. The minimum absolute atomic E-state index is 0.438. The summed E-state index contributed by atoms with van der Waals surface area (Å²) in [7, 11) is 0. The predicted molar refractivity (Wildman–Crippen MR) is 93.1 cm³/mol. The van der Waals surface area contributed by atoms with Crippen LogP contribution < -0.4 is 10.7 Å². The van der Waals surface area contributed by atoms with E-state index in [0.29, 0.717) is 21.7 Å². The van der Waals surface area contributed by atoms with Gasteiger partial charge in [0.15, 0.2) is 5.11 Å². The first kappa shape index (κ1) is 15.8. The van der Waals surface area contributed by atoms with Gasteiger partial charge >= 0.3 is 0 Å². The van der Waals surface area contributed by atoms with Crippen LogP contribution in [-0.4, -0.2) is 11.3 Å². The molecule has 0 atom stereocenters. The van der Waals surface area contributed by atoms with Crippen LogP contribution in [0.1, 0.15) is 11.1 Å². The normalized spacial score (nSPS) is 10.6. The van der Waals surface area contributed by atoms with Crippen LogP contribution in [0.3, 0.4) is 0 Å². The minimum Gasteiger partial charge on any atom is -0.357 e. The molecule has 0 aliphatic heterocycles. The quantitative estimate of drug-likeness (QED) is 0.503. The second-order valence-corrected chi connectivity index (χ2v) is 5.37. The molecule has 0 aliphatic carbocycles. The third-order valence-electron chi connectivity index (χ3n) is 2.65. The summed E-state index contributed by atoms with van der Waals surface area (Å²) >= 11 is 17.1. The van der Waals surface area contributed by atoms with Gasteiger partial charge in [0.1, 0.15) is 0 Å². The molecule has 0 saturated carbocycles. The number of hydrogen-bond acceptors (Lipinski definition) is 2. The van der Waals surface area contributed by atoms with Crippen molar-refractivity contribution in [3.8, 4) is 0 Å². The summed E-state index contributed by atoms with van der Waals surface area (Å²) in [4.78, 5) is 0. The van der Waals surface area contributed by atoms with Crippen molar-refractivity contribution in [1.82, 2.24) is 10.7 Å². The molecule has 0 amide bonds. The Bertz CT molecular complexity index is 645. The van der Waals surface area contributed by atoms with Crippen LogP contribution in [0.2, 0.25) is 10.0 Å². The van der Waals surface area contributed by atoms with Crippen molar-refractivity contribution >= 4 is 46.7 Å². The first-order valence-electron chi connectivity index (χ1n) is 6.21. The highest BCUT2D eigenvalue weighted by Crippen LogP contribution is 2.23. The standard InChI is InChI=1S/C15H13Cl2N3S/c16-13-8-4-7-12(14(13)17)10-19-20-15(21)18-9-11-5-2-1-3-6-11/h1-8,10H,9H2,(H2,18,20,21)/b19-10-. The molecule has 0 aromatic heterocycles. The zero-order chi connectivity index (χ0) is 15.1. The van der Waals surface area contributed by atoms with Crippen molar-refractivity contribution in [2.75, 3.05) is 0 Å². The Morgan fingerprint density at radius 3 is 2.62 bits per heavy atom. The van der Waals surface area contributed by atoms with E-state index in [1.807, 2.05) is 42.5 Å². The molecule has 6 heteroatoms. The van der Waals surface area contributed by atoms with E-state index in [2.05, 4.69) is 15.8 Å². The van der Waals surface area contributed by atoms with Gasteiger partial charge in [-0.1, -0.05) is 65.7 Å². The summed E-state index contributed by atoms with van der Waals surface area (Å²) in [6.45, 7) is 0.639. The van der Waals surface area contributed by atoms with Crippen molar-refractivity contribution in [1.29, 1.82) is 0 Å². The fraction of sp³-hybridized carbons (Fsp3) is 0.0667. The van der Waals surface area contributed by atoms with E-state index in [1.165, 1.54) is 0 Å². The third kappa shape index (κ3) is 5.01. The van der Waals surface area contributed by atoms with Crippen molar-refractivity contribution in [3.63, 3.8) is 0 Å². The third-order valence-corrected chi connectivity index (χ3v) is 3.72. The summed E-state index contributed by atoms with van der Waals surface area (Å²) in [5.74, 6) is 0. The molecular weight excluding hydrogens is 325 g/mol. The van der Waals surface area contributed by atoms with E-state index in [-0.39, 0.29) is 0 Å². The Morgan fingerprint density at radius 2 is 1.86 bits per heavy atom. The molecule has 0 heterocycles. The molecule has 0 bridgehead atoms. The number of nitrogens with zero attached hydrogens (tertiary/aromatic N) is 1. The van der Waals surface area contributed by atoms with Gasteiger partial charge in [0.2, 0.25) is 0 Å². The molecule has 0 fully saturated rings. The second kappa shape index (κ2) is 7.98. The number of thiocarbonyl (C=S) groups is 1. The van der Waals surface area contributed by atoms with Crippen LogP contribution in [-0.2, 0) is 6.54 Å². The number of benzene rings is 2. The van der Waals surface area contributed by atoms with Crippen molar-refractivity contribution in [2.24, 2.45) is 5.10 Å². The number of nitrogens with one attached hydrogen (secondary N) is 2. The molecule has 0 aliphatic rings. The molecule has 2 rings (SSSR count). The molecule has 0 radical (unpaired) electrons. The fourth-order valence-electron chi connectivity index (χ4n) is 1.60. The van der Waals surface area contributed by atoms with Gasteiger partial charge < -0.3 is 5.32 Å². The molecule has 0 spiro atoms. The summed E-state index contributed by atoms with van der Waals surface area (Å²) in [6, 6.07) is 15.3. The van der Waals surface area contributed by atoms with Gasteiger partial charge in [0.05, 0.1) is 16.3 Å². The lowest BCUT2D eigenvalue weighted by Gasteiger charge is -2.07. The Kier molecular flexibility index (Phi) is 5.99. The van der Waals surface area contributed by atoms with Crippen LogP contribution in [0.25, 0.3) is 0 Å². The zero-order valence-corrected chi connectivity index (χ0v) is 13.3. The lowest BCUT2D eigenvalue weighted by atomic mass is 10.2. The van der Waals surface area contributed by atoms with Crippen LogP contribution in [0.15, 0.2) is 53.6 Å². The summed E-state index contributed by atoms with van der Waals surface area (Å²) < 4.78 is 0. The average molecular weight is 338 g/mol. The molecular formula is C15H13Cl2N3S. The first-order chi connectivity index (χ1) is 10.2. The summed E-state index contributed by atoms with van der Waals surface area (Å²) in [6.07, 6.45) is 1.57. The zero-order valence-electron chi connectivity index (χ0n) is 11.0. The topological polar surface area (TPSA) is 36.4 Å². The molecule has 108 valence electrons. The van der Waals surface area contributed by atoms with E-state index in [4.69, 9.17) is 35.4 Å². The average Bonchev–Trinajstić information content (AvgIpc) is 2.50. The maximum atomic E-state index is 6.05. The van der Waals surface area contributed by atoms with E-state index < -0.39 is 0 Å². The Balaban J connectivity index is 1.83. The lowest BCUT2D eigenvalue weighted by Crippen LogP contribution is -2.31. The van der Waals surface area contributed by atoms with Gasteiger partial charge in [0.25, 0.3) is 0 Å². The fourth-order valence-corrected chi connectivity index (χ4v) is 2.08. The minimum atomic E-state index is 0.438. The van der Waals surface area contributed by atoms with Crippen molar-refractivity contribution < 1.29 is 0 Å². The maximum absolute atomic E-state index is 6.05. The highest BCUT2D eigenvalue weighted by molar-refractivity contribution is 7.80. The summed E-state index contributed by atoms with van der Waals surface area (Å²) in [5.41, 5.74) is 4.60. The Morgan fingerprint density at radius 1 is 1.10 bits per heavy atom. The predicted octanol–water partition coefficient (Wildman–Crippen LogP) is 3.99. The molecule has 2 N–H and O–H groups in total. The number of halogens is 2. The number of hydrazone groups is 1. The number of rotatable bonds is 4. The van der Waals surface area contributed by atoms with Gasteiger partial charge in [-0.3, -0.25) is 5.43 Å². The SMILES string of the molecule is S=C(NCc1ccccc1)N/N=C\c1cccc(Cl)c1Cl. The molecule has 21 heavy (non-hydrogen) atoms. The van der Waals surface area contributed by atoms with E-state index in [9.17, 15) is 0 Å². The summed E-state index contributed by atoms with van der Waals surface area (Å²) in [5, 5.41) is 8.49. The van der Waals surface area contributed by atoms with E-state index in [1.54, 1.807) is 12.3 Å². The smallest absolute Gasteiger partial charge is 0.187 e. The molecule has 0 saturated heterocycles. The van der Waals surface area contributed by atoms with Crippen LogP contribution in [0.5, 0.6) is 0 Å². The molecule has 3 nitrogen and oxygen atoms in total. The highest BCUT2D eigenvalue weighted by atomic mass is 35.5.